The van der Waals surface area contributed by atoms with Gasteiger partial charge in [0.1, 0.15) is 0 Å². The van der Waals surface area contributed by atoms with E-state index in [-0.39, 0.29) is 17.3 Å². The number of nitrogens with one attached hydrogen (secondary N) is 1. The molecule has 0 aliphatic rings. The van der Waals surface area contributed by atoms with Gasteiger partial charge in [0.15, 0.2) is 5.78 Å². The molecular formula is C15H23NO4S2. The second-order valence-corrected chi connectivity index (χ2v) is 8.22. The molecule has 0 radical (unpaired) electrons. The number of aryl methyl sites for hydroxylation is 1. The van der Waals surface area contributed by atoms with Crippen molar-refractivity contribution in [3.63, 3.8) is 0 Å². The first-order chi connectivity index (χ1) is 10.2. The molecule has 22 heavy (non-hydrogen) atoms. The Hall–Kier alpha value is -0.890. The average molecular weight is 345 g/mol. The molecule has 0 aliphatic heterocycles. The molecule has 0 saturated carbocycles. The standard InChI is InChI=1S/C15H23NO4S2/c1-12-5-7-14(8-6-12)22(19,20)16-15(3,13(2)18)11-21-10-4-9-17/h5-8,16-17H,4,9-11H2,1-3H3/t15-/m0/s1. The third-order valence-electron chi connectivity index (χ3n) is 3.31. The van der Waals surface area contributed by atoms with E-state index in [2.05, 4.69) is 4.72 Å². The Morgan fingerprint density at radius 3 is 2.41 bits per heavy atom. The van der Waals surface area contributed by atoms with Crippen LogP contribution in [0.15, 0.2) is 29.2 Å². The monoisotopic (exact) mass is 345 g/mol. The van der Waals surface area contributed by atoms with Gasteiger partial charge in [-0.1, -0.05) is 17.7 Å². The van der Waals surface area contributed by atoms with Crippen molar-refractivity contribution < 1.29 is 18.3 Å². The number of carbonyl (C=O) groups excluding carboxylic acids is 1. The fourth-order valence-electron chi connectivity index (χ4n) is 1.72. The molecule has 0 amide bonds. The second kappa shape index (κ2) is 8.10. The van der Waals surface area contributed by atoms with E-state index in [1.807, 2.05) is 6.92 Å². The minimum absolute atomic E-state index is 0.0822. The normalized spacial score (nSPS) is 14.5. The van der Waals surface area contributed by atoms with Crippen LogP contribution in [0.25, 0.3) is 0 Å². The summed E-state index contributed by atoms with van der Waals surface area (Å²) in [6, 6.07) is 6.49. The summed E-state index contributed by atoms with van der Waals surface area (Å²) < 4.78 is 27.4. The van der Waals surface area contributed by atoms with Crippen molar-refractivity contribution in [3.05, 3.63) is 29.8 Å². The van der Waals surface area contributed by atoms with Gasteiger partial charge >= 0.3 is 0 Å². The van der Waals surface area contributed by atoms with E-state index in [0.29, 0.717) is 17.9 Å². The number of rotatable bonds is 9. The summed E-state index contributed by atoms with van der Waals surface area (Å²) in [7, 11) is -3.76. The number of aliphatic hydroxyl groups is 1. The first-order valence-electron chi connectivity index (χ1n) is 7.01. The van der Waals surface area contributed by atoms with Crippen LogP contribution in [-0.2, 0) is 14.8 Å². The van der Waals surface area contributed by atoms with Gasteiger partial charge in [0, 0.05) is 12.4 Å². The zero-order valence-corrected chi connectivity index (χ0v) is 14.8. The molecule has 0 fully saturated rings. The summed E-state index contributed by atoms with van der Waals surface area (Å²) in [6.45, 7) is 4.93. The van der Waals surface area contributed by atoms with E-state index in [9.17, 15) is 13.2 Å². The average Bonchev–Trinajstić information content (AvgIpc) is 2.43. The molecule has 0 aromatic heterocycles. The van der Waals surface area contributed by atoms with Crippen molar-refractivity contribution in [2.75, 3.05) is 18.1 Å². The molecule has 0 bridgehead atoms. The molecule has 2 N–H and O–H groups in total. The van der Waals surface area contributed by atoms with Crippen LogP contribution in [0.1, 0.15) is 25.8 Å². The minimum Gasteiger partial charge on any atom is -0.396 e. The van der Waals surface area contributed by atoms with Crippen molar-refractivity contribution in [3.8, 4) is 0 Å². The number of thioether (sulfide) groups is 1. The molecule has 7 heteroatoms. The Morgan fingerprint density at radius 2 is 1.91 bits per heavy atom. The molecule has 0 heterocycles. The lowest BCUT2D eigenvalue weighted by atomic mass is 10.0. The molecule has 1 rings (SSSR count). The highest BCUT2D eigenvalue weighted by Crippen LogP contribution is 2.19. The Balaban J connectivity index is 2.89. The predicted molar refractivity (Wildman–Crippen MR) is 89.6 cm³/mol. The summed E-state index contributed by atoms with van der Waals surface area (Å²) in [6.07, 6.45) is 0.614. The van der Waals surface area contributed by atoms with Gasteiger partial charge in [0.25, 0.3) is 0 Å². The highest BCUT2D eigenvalue weighted by atomic mass is 32.2. The number of Topliss-reactive ketones (excluding diaryl/α,β-unsaturated/α-hetero) is 1. The predicted octanol–water partition coefficient (Wildman–Crippen LogP) is 1.74. The summed E-state index contributed by atoms with van der Waals surface area (Å²) in [5.74, 6) is 0.763. The van der Waals surface area contributed by atoms with E-state index in [4.69, 9.17) is 5.11 Å². The Labute approximate surface area is 136 Å². The quantitative estimate of drug-likeness (QED) is 0.666. The van der Waals surface area contributed by atoms with Gasteiger partial charge in [-0.2, -0.15) is 16.5 Å². The SMILES string of the molecule is CC(=O)[C@](C)(CSCCCO)NS(=O)(=O)c1ccc(C)cc1. The van der Waals surface area contributed by atoms with Gasteiger partial charge in [0.05, 0.1) is 10.4 Å². The molecule has 0 saturated heterocycles. The zero-order chi connectivity index (χ0) is 16.8. The zero-order valence-electron chi connectivity index (χ0n) is 13.1. The molecule has 0 aliphatic carbocycles. The van der Waals surface area contributed by atoms with Gasteiger partial charge in [-0.15, -0.1) is 0 Å². The van der Waals surface area contributed by atoms with Crippen LogP contribution >= 0.6 is 11.8 Å². The maximum Gasteiger partial charge on any atom is 0.241 e. The summed E-state index contributed by atoms with van der Waals surface area (Å²) in [5, 5.41) is 8.77. The Morgan fingerprint density at radius 1 is 1.32 bits per heavy atom. The fraction of sp³-hybridized carbons (Fsp3) is 0.533. The number of ketones is 1. The van der Waals surface area contributed by atoms with Crippen molar-refractivity contribution in [1.29, 1.82) is 0 Å². The maximum absolute atomic E-state index is 12.4. The number of aliphatic hydroxyl groups excluding tert-OH is 1. The van der Waals surface area contributed by atoms with Crippen molar-refractivity contribution >= 4 is 27.6 Å². The van der Waals surface area contributed by atoms with Crippen LogP contribution < -0.4 is 4.72 Å². The largest absolute Gasteiger partial charge is 0.396 e. The van der Waals surface area contributed by atoms with Crippen LogP contribution in [0.2, 0.25) is 0 Å². The maximum atomic E-state index is 12.4. The van der Waals surface area contributed by atoms with E-state index in [1.165, 1.54) is 30.8 Å². The summed E-state index contributed by atoms with van der Waals surface area (Å²) in [5.41, 5.74) is -0.197. The van der Waals surface area contributed by atoms with E-state index in [1.54, 1.807) is 19.1 Å². The Kier molecular flexibility index (Phi) is 7.05. The lowest BCUT2D eigenvalue weighted by Crippen LogP contribution is -2.53. The number of sulfonamides is 1. The van der Waals surface area contributed by atoms with Gasteiger partial charge in [-0.05, 0) is 45.1 Å². The van der Waals surface area contributed by atoms with Gasteiger partial charge in [-0.25, -0.2) is 8.42 Å². The highest BCUT2D eigenvalue weighted by molar-refractivity contribution is 7.99. The summed E-state index contributed by atoms with van der Waals surface area (Å²) in [4.78, 5) is 12.0. The molecule has 0 spiro atoms. The van der Waals surface area contributed by atoms with Crippen LogP contribution in [0.4, 0.5) is 0 Å². The highest BCUT2D eigenvalue weighted by Gasteiger charge is 2.35. The fourth-order valence-corrected chi connectivity index (χ4v) is 4.39. The first-order valence-corrected chi connectivity index (χ1v) is 9.65. The molecule has 1 aromatic rings. The van der Waals surface area contributed by atoms with Crippen molar-refractivity contribution in [2.24, 2.45) is 0 Å². The van der Waals surface area contributed by atoms with E-state index >= 15 is 0 Å². The van der Waals surface area contributed by atoms with Gasteiger partial charge in [-0.3, -0.25) is 4.79 Å². The van der Waals surface area contributed by atoms with Crippen LogP contribution in [-0.4, -0.2) is 43.0 Å². The van der Waals surface area contributed by atoms with E-state index in [0.717, 1.165) is 5.56 Å². The van der Waals surface area contributed by atoms with Crippen LogP contribution in [0.5, 0.6) is 0 Å². The molecule has 1 atom stereocenters. The number of carbonyl (C=O) groups is 1. The lowest BCUT2D eigenvalue weighted by molar-refractivity contribution is -0.121. The first kappa shape index (κ1) is 19.2. The van der Waals surface area contributed by atoms with Crippen molar-refractivity contribution in [1.82, 2.24) is 4.72 Å². The molecule has 1 aromatic carbocycles. The molecule has 0 unspecified atom stereocenters. The second-order valence-electron chi connectivity index (χ2n) is 5.44. The van der Waals surface area contributed by atoms with Crippen LogP contribution in [0, 0.1) is 6.92 Å². The third kappa shape index (κ3) is 5.39. The number of benzene rings is 1. The molecule has 5 nitrogen and oxygen atoms in total. The Bertz CT molecular complexity index is 598. The van der Waals surface area contributed by atoms with Crippen LogP contribution in [0.3, 0.4) is 0 Å². The van der Waals surface area contributed by atoms with Crippen molar-refractivity contribution in [2.45, 2.75) is 37.6 Å². The van der Waals surface area contributed by atoms with E-state index < -0.39 is 15.6 Å². The minimum atomic E-state index is -3.76. The van der Waals surface area contributed by atoms with Gasteiger partial charge < -0.3 is 5.11 Å². The molecular weight excluding hydrogens is 322 g/mol. The number of hydrogen-bond donors (Lipinski definition) is 2. The third-order valence-corrected chi connectivity index (χ3v) is 6.28. The van der Waals surface area contributed by atoms with Gasteiger partial charge in [0.2, 0.25) is 10.0 Å². The lowest BCUT2D eigenvalue weighted by Gasteiger charge is -2.27. The summed E-state index contributed by atoms with van der Waals surface area (Å²) >= 11 is 1.44. The number of hydrogen-bond acceptors (Lipinski definition) is 5. The topological polar surface area (TPSA) is 83.5 Å². The molecule has 124 valence electrons. The smallest absolute Gasteiger partial charge is 0.241 e.